The average molecular weight is 586 g/mol. The van der Waals surface area contributed by atoms with Crippen molar-refractivity contribution in [3.05, 3.63) is 204 Å². The third-order valence-corrected chi connectivity index (χ3v) is 8.72. The van der Waals surface area contributed by atoms with Gasteiger partial charge in [0.05, 0.1) is 16.8 Å². The van der Waals surface area contributed by atoms with E-state index in [4.69, 9.17) is 7.98 Å². The van der Waals surface area contributed by atoms with Gasteiger partial charge in [-0.2, -0.15) is 0 Å². The van der Waals surface area contributed by atoms with Crippen molar-refractivity contribution in [3.8, 4) is 22.4 Å². The first-order valence-electron chi connectivity index (χ1n) is 15.6. The largest absolute Gasteiger partial charge is 0.587 e. The van der Waals surface area contributed by atoms with Crippen molar-refractivity contribution < 1.29 is 4.49 Å². The van der Waals surface area contributed by atoms with Gasteiger partial charge in [-0.3, -0.25) is 4.49 Å². The maximum atomic E-state index is 7.28. The van der Waals surface area contributed by atoms with Gasteiger partial charge in [-0.15, -0.1) is 0 Å². The van der Waals surface area contributed by atoms with Crippen LogP contribution in [0.15, 0.2) is 182 Å². The zero-order chi connectivity index (χ0) is 30.9. The van der Waals surface area contributed by atoms with Crippen LogP contribution in [0.4, 0.5) is 0 Å². The molecule has 2 nitrogen and oxygen atoms in total. The molecule has 0 saturated heterocycles. The molecule has 2 radical (unpaired) electrons. The second-order valence-electron chi connectivity index (χ2n) is 11.5. The number of nitrogens with zero attached hydrogens (tertiary/aromatic N) is 1. The first-order chi connectivity index (χ1) is 22.8. The van der Waals surface area contributed by atoms with E-state index in [1.807, 2.05) is 10.6 Å². The van der Waals surface area contributed by atoms with E-state index in [0.717, 1.165) is 72.7 Å². The molecular weight excluding hydrogens is 555 g/mol. The van der Waals surface area contributed by atoms with Crippen LogP contribution in [0.3, 0.4) is 0 Å². The minimum absolute atomic E-state index is 0.944. The molecule has 3 heteroatoms. The number of rotatable bonds is 6. The van der Waals surface area contributed by atoms with Crippen LogP contribution in [0.5, 0.6) is 0 Å². The van der Waals surface area contributed by atoms with Crippen molar-refractivity contribution in [2.45, 2.75) is 0 Å². The highest BCUT2D eigenvalue weighted by atomic mass is 15.0. The molecule has 2 heterocycles. The maximum Gasteiger partial charge on any atom is 0.587 e. The minimum atomic E-state index is 0.944. The van der Waals surface area contributed by atoms with Crippen molar-refractivity contribution in [1.29, 1.82) is 0 Å². The minimum Gasteiger partial charge on any atom is -0.354 e. The van der Waals surface area contributed by atoms with Crippen LogP contribution in [0.2, 0.25) is 0 Å². The van der Waals surface area contributed by atoms with Crippen LogP contribution in [-0.2, 0) is 0 Å². The molecule has 0 aliphatic carbocycles. The molecule has 1 aliphatic heterocycles. The summed E-state index contributed by atoms with van der Waals surface area (Å²) < 4.78 is 1.88. The predicted octanol–water partition coefficient (Wildman–Crippen LogP) is 9.94. The fourth-order valence-corrected chi connectivity index (χ4v) is 6.54. The van der Waals surface area contributed by atoms with E-state index < -0.39 is 0 Å². The molecule has 0 atom stereocenters. The molecule has 0 bridgehead atoms. The number of fused-ring (bicyclic) bond motifs is 1. The van der Waals surface area contributed by atoms with Crippen molar-refractivity contribution in [3.63, 3.8) is 0 Å². The smallest absolute Gasteiger partial charge is 0.354 e. The lowest BCUT2D eigenvalue weighted by Crippen LogP contribution is -2.15. The van der Waals surface area contributed by atoms with Gasteiger partial charge in [0.2, 0.25) is 0 Å². The second kappa shape index (κ2) is 11.9. The Balaban J connectivity index is 1.53. The summed E-state index contributed by atoms with van der Waals surface area (Å²) in [5.41, 5.74) is 12.7. The second-order valence-corrected chi connectivity index (χ2v) is 11.5. The van der Waals surface area contributed by atoms with Crippen LogP contribution >= 0.6 is 0 Å². The van der Waals surface area contributed by atoms with E-state index in [0.29, 0.717) is 0 Å². The molecule has 214 valence electrons. The number of hydrogen-bond donors (Lipinski definition) is 1. The molecule has 1 N–H and O–H groups in total. The van der Waals surface area contributed by atoms with Crippen LogP contribution in [-0.4, -0.2) is 23.2 Å². The van der Waals surface area contributed by atoms with E-state index in [9.17, 15) is 0 Å². The van der Waals surface area contributed by atoms with Crippen molar-refractivity contribution in [2.24, 2.45) is 0 Å². The first-order valence-corrected chi connectivity index (χ1v) is 15.6. The number of allylic oxidation sites excluding steroid dienone is 2. The zero-order valence-corrected chi connectivity index (χ0v) is 25.3. The number of aromatic amines is 1. The number of aromatic nitrogens is 1. The van der Waals surface area contributed by atoms with E-state index in [1.54, 1.807) is 0 Å². The zero-order valence-electron chi connectivity index (χ0n) is 25.3. The molecule has 0 spiro atoms. The Bertz CT molecular complexity index is 2270. The van der Waals surface area contributed by atoms with Crippen LogP contribution in [0, 0.1) is 0 Å². The summed E-state index contributed by atoms with van der Waals surface area (Å²) in [6.07, 6.45) is 2.23. The fourth-order valence-electron chi connectivity index (χ4n) is 6.54. The number of nitrogens with one attached hydrogen (secondary N) is 1. The van der Waals surface area contributed by atoms with E-state index >= 15 is 0 Å². The first kappa shape index (κ1) is 27.6. The molecule has 46 heavy (non-hydrogen) atoms. The Hall–Kier alpha value is -5.93. The molecule has 7 aromatic rings. The van der Waals surface area contributed by atoms with E-state index in [2.05, 4.69) is 175 Å². The van der Waals surface area contributed by atoms with Crippen molar-refractivity contribution in [1.82, 2.24) is 4.98 Å². The van der Waals surface area contributed by atoms with Gasteiger partial charge in [0.1, 0.15) is 0 Å². The molecule has 6 aromatic carbocycles. The van der Waals surface area contributed by atoms with Gasteiger partial charge in [0, 0.05) is 22.9 Å². The van der Waals surface area contributed by atoms with Crippen molar-refractivity contribution >= 4 is 35.6 Å². The summed E-state index contributed by atoms with van der Waals surface area (Å²) in [6.45, 7) is 0. The van der Waals surface area contributed by atoms with Crippen LogP contribution in [0.25, 0.3) is 44.3 Å². The standard InChI is InChI=1S/C43H30BN2/c44-46-40(34-23-11-4-12-24-34)29-38(32-18-7-2-8-19-32)43(46)41(36-27-15-25-30-20-13-14-26-35(30)36)42-37(31-16-5-1-6-17-31)28-39(45-42)33-21-9-3-10-22-33/h1-29,45H/q+1. The van der Waals surface area contributed by atoms with Crippen LogP contribution < -0.4 is 0 Å². The number of H-pyrrole nitrogens is 1. The lowest BCUT2D eigenvalue weighted by Gasteiger charge is -2.16. The highest BCUT2D eigenvalue weighted by Gasteiger charge is 2.35. The molecule has 0 amide bonds. The maximum absolute atomic E-state index is 7.28. The lowest BCUT2D eigenvalue weighted by atomic mass is 9.88. The summed E-state index contributed by atoms with van der Waals surface area (Å²) in [7, 11) is 7.28. The highest BCUT2D eigenvalue weighted by Crippen LogP contribution is 2.44. The fraction of sp³-hybridized carbons (Fsp3) is 0. The van der Waals surface area contributed by atoms with E-state index in [-0.39, 0.29) is 0 Å². The Morgan fingerprint density at radius 3 is 1.74 bits per heavy atom. The van der Waals surface area contributed by atoms with Gasteiger partial charge in [0.15, 0.2) is 11.4 Å². The monoisotopic (exact) mass is 585 g/mol. The van der Waals surface area contributed by atoms with Gasteiger partial charge in [-0.05, 0) is 51.2 Å². The summed E-state index contributed by atoms with van der Waals surface area (Å²) in [6, 6.07) is 59.5. The van der Waals surface area contributed by atoms with Crippen LogP contribution in [0.1, 0.15) is 22.4 Å². The van der Waals surface area contributed by atoms with Gasteiger partial charge in [-0.25, -0.2) is 0 Å². The normalized spacial score (nSPS) is 14.0. The summed E-state index contributed by atoms with van der Waals surface area (Å²) in [4.78, 5) is 3.91. The average Bonchev–Trinajstić information content (AvgIpc) is 3.72. The third-order valence-electron chi connectivity index (χ3n) is 8.72. The molecule has 1 aliphatic rings. The SMILES string of the molecule is [B][N+]1=C(c2ccccc2)C=C(c2ccccc2)/C1=C(/c1[nH]c(-c2ccccc2)cc1-c1ccccc1)c1cccc2ccccc12. The van der Waals surface area contributed by atoms with E-state index in [1.165, 1.54) is 5.39 Å². The molecule has 8 rings (SSSR count). The third kappa shape index (κ3) is 4.93. The van der Waals surface area contributed by atoms with Gasteiger partial charge >= 0.3 is 7.98 Å². The molecule has 0 saturated carbocycles. The Labute approximate surface area is 270 Å². The summed E-state index contributed by atoms with van der Waals surface area (Å²) in [5, 5.41) is 2.34. The molecule has 0 fully saturated rings. The predicted molar refractivity (Wildman–Crippen MR) is 193 cm³/mol. The topological polar surface area (TPSA) is 18.8 Å². The number of hydrogen-bond acceptors (Lipinski definition) is 0. The highest BCUT2D eigenvalue weighted by molar-refractivity contribution is 6.21. The van der Waals surface area contributed by atoms with Crippen molar-refractivity contribution in [2.75, 3.05) is 0 Å². The molecule has 1 aromatic heterocycles. The molecular formula is C43H30BN2+. The Morgan fingerprint density at radius 1 is 0.522 bits per heavy atom. The quantitative estimate of drug-likeness (QED) is 0.187. The van der Waals surface area contributed by atoms with Gasteiger partial charge in [0.25, 0.3) is 0 Å². The summed E-state index contributed by atoms with van der Waals surface area (Å²) in [5.74, 6) is 0. The Morgan fingerprint density at radius 2 is 1.07 bits per heavy atom. The number of benzene rings is 6. The van der Waals surface area contributed by atoms with Gasteiger partial charge in [-0.1, -0.05) is 152 Å². The molecule has 0 unspecified atom stereocenters. The Kier molecular flexibility index (Phi) is 7.13. The summed E-state index contributed by atoms with van der Waals surface area (Å²) >= 11 is 0. The lowest BCUT2D eigenvalue weighted by molar-refractivity contribution is -0.296. The van der Waals surface area contributed by atoms with Gasteiger partial charge < -0.3 is 4.98 Å².